The van der Waals surface area contributed by atoms with Gasteiger partial charge in [-0.1, -0.05) is 31.4 Å². The van der Waals surface area contributed by atoms with E-state index in [-0.39, 0.29) is 6.10 Å². The molecule has 0 heterocycles. The normalized spacial score (nSPS) is 33.7. The fraction of sp³-hybridized carbons (Fsp3) is 0.857. The Balaban J connectivity index is 1.78. The molecule has 0 aliphatic heterocycles. The van der Waals surface area contributed by atoms with E-state index >= 15 is 0 Å². The van der Waals surface area contributed by atoms with E-state index in [0.717, 1.165) is 18.8 Å². The number of rotatable bonds is 4. The van der Waals surface area contributed by atoms with Crippen LogP contribution in [0.5, 0.6) is 0 Å². The molecular formula is C14H24O. The molecule has 2 rings (SSSR count). The molecule has 0 aromatic heterocycles. The van der Waals surface area contributed by atoms with E-state index in [1.54, 1.807) is 0 Å². The summed E-state index contributed by atoms with van der Waals surface area (Å²) in [7, 11) is 0. The maximum Gasteiger partial charge on any atom is 0.0571 e. The van der Waals surface area contributed by atoms with Gasteiger partial charge in [0.15, 0.2) is 0 Å². The number of allylic oxidation sites excluding steroid dienone is 2. The number of hydrogen-bond acceptors (Lipinski definition) is 1. The molecule has 1 fully saturated rings. The second-order valence-electron chi connectivity index (χ2n) is 5.78. The van der Waals surface area contributed by atoms with Crippen LogP contribution in [-0.2, 0) is 0 Å². The summed E-state index contributed by atoms with van der Waals surface area (Å²) in [6.45, 7) is 4.47. The maximum absolute atomic E-state index is 10.2. The van der Waals surface area contributed by atoms with Crippen molar-refractivity contribution in [2.75, 3.05) is 0 Å². The van der Waals surface area contributed by atoms with Gasteiger partial charge in [-0.3, -0.25) is 0 Å². The first-order valence-corrected chi connectivity index (χ1v) is 6.50. The molecule has 0 spiro atoms. The topological polar surface area (TPSA) is 20.2 Å². The molecule has 2 aliphatic carbocycles. The van der Waals surface area contributed by atoms with Gasteiger partial charge in [-0.05, 0) is 50.4 Å². The van der Waals surface area contributed by atoms with E-state index in [9.17, 15) is 5.11 Å². The van der Waals surface area contributed by atoms with Gasteiger partial charge in [0, 0.05) is 0 Å². The Morgan fingerprint density at radius 2 is 2.20 bits per heavy atom. The molecule has 0 saturated heterocycles. The molecule has 3 unspecified atom stereocenters. The molecule has 0 amide bonds. The van der Waals surface area contributed by atoms with Gasteiger partial charge < -0.3 is 5.11 Å². The monoisotopic (exact) mass is 208 g/mol. The van der Waals surface area contributed by atoms with E-state index in [4.69, 9.17) is 0 Å². The van der Waals surface area contributed by atoms with Crippen LogP contribution < -0.4 is 0 Å². The van der Waals surface area contributed by atoms with E-state index < -0.39 is 0 Å². The fourth-order valence-electron chi connectivity index (χ4n) is 2.94. The summed E-state index contributed by atoms with van der Waals surface area (Å²) in [6.07, 6.45) is 9.74. The van der Waals surface area contributed by atoms with Crippen LogP contribution in [0.3, 0.4) is 0 Å². The highest BCUT2D eigenvalue weighted by Crippen LogP contribution is 2.37. The fourth-order valence-corrected chi connectivity index (χ4v) is 2.94. The summed E-state index contributed by atoms with van der Waals surface area (Å²) >= 11 is 0. The van der Waals surface area contributed by atoms with Crippen LogP contribution in [0.1, 0.15) is 52.4 Å². The molecule has 1 N–H and O–H groups in total. The lowest BCUT2D eigenvalue weighted by Crippen LogP contribution is -2.25. The van der Waals surface area contributed by atoms with Crippen LogP contribution in [0.15, 0.2) is 11.6 Å². The quantitative estimate of drug-likeness (QED) is 0.701. The van der Waals surface area contributed by atoms with Gasteiger partial charge >= 0.3 is 0 Å². The molecule has 0 radical (unpaired) electrons. The summed E-state index contributed by atoms with van der Waals surface area (Å²) < 4.78 is 0. The van der Waals surface area contributed by atoms with Gasteiger partial charge in [-0.15, -0.1) is 0 Å². The molecule has 0 bridgehead atoms. The standard InChI is InChI=1S/C14H24O/c1-10-7-11(2)9-13(8-10)14(15)6-5-12-3-4-12/h7,10,12-15H,3-6,8-9H2,1-2H3. The predicted molar refractivity (Wildman–Crippen MR) is 63.6 cm³/mol. The smallest absolute Gasteiger partial charge is 0.0571 e. The first kappa shape index (κ1) is 11.2. The highest BCUT2D eigenvalue weighted by molar-refractivity contribution is 5.07. The van der Waals surface area contributed by atoms with Crippen molar-refractivity contribution in [3.05, 3.63) is 11.6 Å². The summed E-state index contributed by atoms with van der Waals surface area (Å²) in [6, 6.07) is 0. The Labute approximate surface area is 93.6 Å². The second-order valence-corrected chi connectivity index (χ2v) is 5.78. The zero-order chi connectivity index (χ0) is 10.8. The van der Waals surface area contributed by atoms with Crippen LogP contribution in [0.25, 0.3) is 0 Å². The number of hydrogen-bond donors (Lipinski definition) is 1. The Morgan fingerprint density at radius 1 is 1.47 bits per heavy atom. The van der Waals surface area contributed by atoms with Crippen molar-refractivity contribution < 1.29 is 5.11 Å². The largest absolute Gasteiger partial charge is 0.393 e. The van der Waals surface area contributed by atoms with Gasteiger partial charge in [-0.2, -0.15) is 0 Å². The molecule has 2 aliphatic rings. The van der Waals surface area contributed by atoms with Gasteiger partial charge in [0.25, 0.3) is 0 Å². The second kappa shape index (κ2) is 4.69. The third kappa shape index (κ3) is 3.34. The van der Waals surface area contributed by atoms with E-state index in [2.05, 4.69) is 19.9 Å². The Hall–Kier alpha value is -0.300. The summed E-state index contributed by atoms with van der Waals surface area (Å²) in [5, 5.41) is 10.2. The van der Waals surface area contributed by atoms with Crippen molar-refractivity contribution in [3.8, 4) is 0 Å². The van der Waals surface area contributed by atoms with E-state index in [1.165, 1.54) is 31.3 Å². The molecular weight excluding hydrogens is 184 g/mol. The Morgan fingerprint density at radius 3 is 2.80 bits per heavy atom. The van der Waals surface area contributed by atoms with Crippen molar-refractivity contribution in [2.45, 2.75) is 58.5 Å². The lowest BCUT2D eigenvalue weighted by molar-refractivity contribution is 0.0817. The number of aliphatic hydroxyl groups is 1. The first-order valence-electron chi connectivity index (χ1n) is 6.50. The minimum atomic E-state index is -0.0447. The zero-order valence-corrected chi connectivity index (χ0v) is 10.1. The lowest BCUT2D eigenvalue weighted by Gasteiger charge is -2.29. The summed E-state index contributed by atoms with van der Waals surface area (Å²) in [5.74, 6) is 2.15. The van der Waals surface area contributed by atoms with Gasteiger partial charge in [0.2, 0.25) is 0 Å². The lowest BCUT2D eigenvalue weighted by atomic mass is 9.79. The van der Waals surface area contributed by atoms with Gasteiger partial charge in [0.1, 0.15) is 0 Å². The summed E-state index contributed by atoms with van der Waals surface area (Å²) in [4.78, 5) is 0. The predicted octanol–water partition coefficient (Wildman–Crippen LogP) is 3.53. The van der Waals surface area contributed by atoms with Crippen LogP contribution in [0, 0.1) is 17.8 Å². The van der Waals surface area contributed by atoms with Crippen LogP contribution in [0.4, 0.5) is 0 Å². The molecule has 15 heavy (non-hydrogen) atoms. The van der Waals surface area contributed by atoms with Gasteiger partial charge in [-0.25, -0.2) is 0 Å². The Bertz CT molecular complexity index is 240. The Kier molecular flexibility index (Phi) is 3.50. The van der Waals surface area contributed by atoms with Crippen molar-refractivity contribution >= 4 is 0 Å². The molecule has 1 nitrogen and oxygen atoms in total. The molecule has 86 valence electrons. The molecule has 3 atom stereocenters. The van der Waals surface area contributed by atoms with Crippen LogP contribution in [-0.4, -0.2) is 11.2 Å². The van der Waals surface area contributed by atoms with Crippen LogP contribution >= 0.6 is 0 Å². The average Bonchev–Trinajstić information content (AvgIpc) is 2.96. The number of aliphatic hydroxyl groups excluding tert-OH is 1. The zero-order valence-electron chi connectivity index (χ0n) is 10.1. The van der Waals surface area contributed by atoms with Crippen molar-refractivity contribution in [3.63, 3.8) is 0 Å². The molecule has 1 heteroatoms. The third-order valence-corrected chi connectivity index (χ3v) is 3.94. The van der Waals surface area contributed by atoms with Gasteiger partial charge in [0.05, 0.1) is 6.10 Å². The highest BCUT2D eigenvalue weighted by atomic mass is 16.3. The highest BCUT2D eigenvalue weighted by Gasteiger charge is 2.27. The maximum atomic E-state index is 10.2. The first-order chi connectivity index (χ1) is 7.15. The molecule has 1 saturated carbocycles. The van der Waals surface area contributed by atoms with Crippen molar-refractivity contribution in [1.29, 1.82) is 0 Å². The summed E-state index contributed by atoms with van der Waals surface area (Å²) in [5.41, 5.74) is 1.48. The SMILES string of the molecule is CC1=CC(C)CC(C(O)CCC2CC2)C1. The third-order valence-electron chi connectivity index (χ3n) is 3.94. The minimum Gasteiger partial charge on any atom is -0.393 e. The average molecular weight is 208 g/mol. The van der Waals surface area contributed by atoms with E-state index in [1.807, 2.05) is 0 Å². The molecule has 0 aromatic carbocycles. The minimum absolute atomic E-state index is 0.0447. The van der Waals surface area contributed by atoms with Crippen molar-refractivity contribution in [2.24, 2.45) is 17.8 Å². The van der Waals surface area contributed by atoms with Crippen molar-refractivity contribution in [1.82, 2.24) is 0 Å². The van der Waals surface area contributed by atoms with Crippen LogP contribution in [0.2, 0.25) is 0 Å². The van der Waals surface area contributed by atoms with E-state index in [0.29, 0.717) is 11.8 Å². The molecule has 0 aromatic rings.